The van der Waals surface area contributed by atoms with Crippen LogP contribution in [0.5, 0.6) is 0 Å². The fourth-order valence-electron chi connectivity index (χ4n) is 3.45. The zero-order chi connectivity index (χ0) is 17.5. The summed E-state index contributed by atoms with van der Waals surface area (Å²) < 4.78 is 0. The molecule has 134 valence electrons. The monoisotopic (exact) mass is 342 g/mol. The maximum Gasteiger partial charge on any atom is 0.318 e. The van der Waals surface area contributed by atoms with Gasteiger partial charge in [-0.2, -0.15) is 0 Å². The Morgan fingerprint density at radius 1 is 1.36 bits per heavy atom. The van der Waals surface area contributed by atoms with Crippen molar-refractivity contribution < 1.29 is 9.90 Å². The number of urea groups is 1. The van der Waals surface area contributed by atoms with Crippen LogP contribution in [-0.2, 0) is 0 Å². The Bertz CT molecular complexity index is 645. The van der Waals surface area contributed by atoms with Crippen LogP contribution in [0.2, 0.25) is 0 Å². The van der Waals surface area contributed by atoms with Crippen LogP contribution in [0.1, 0.15) is 55.6 Å². The zero-order valence-corrected chi connectivity index (χ0v) is 14.4. The van der Waals surface area contributed by atoms with E-state index in [1.165, 1.54) is 0 Å². The number of hydrogen-bond donors (Lipinski definition) is 3. The quantitative estimate of drug-likeness (QED) is 0.754. The van der Waals surface area contributed by atoms with Gasteiger partial charge < -0.3 is 20.3 Å². The maximum absolute atomic E-state index is 13.0. The Morgan fingerprint density at radius 2 is 2.20 bits per heavy atom. The molecule has 1 aliphatic rings. The largest absolute Gasteiger partial charge is 0.396 e. The van der Waals surface area contributed by atoms with Gasteiger partial charge in [-0.3, -0.25) is 0 Å². The zero-order valence-electron chi connectivity index (χ0n) is 14.4. The number of imidazole rings is 1. The van der Waals surface area contributed by atoms with Gasteiger partial charge in [0.25, 0.3) is 0 Å². The van der Waals surface area contributed by atoms with Gasteiger partial charge in [-0.05, 0) is 37.7 Å². The summed E-state index contributed by atoms with van der Waals surface area (Å²) in [5, 5.41) is 12.3. The van der Waals surface area contributed by atoms with Crippen molar-refractivity contribution in [2.24, 2.45) is 0 Å². The highest BCUT2D eigenvalue weighted by molar-refractivity contribution is 5.75. The molecule has 1 aromatic heterocycles. The number of nitrogens with one attached hydrogen (secondary N) is 2. The molecule has 2 atom stereocenters. The average molecular weight is 342 g/mol. The second kappa shape index (κ2) is 8.67. The molecular weight excluding hydrogens is 316 g/mol. The highest BCUT2D eigenvalue weighted by Crippen LogP contribution is 2.29. The molecule has 1 fully saturated rings. The van der Waals surface area contributed by atoms with Crippen LogP contribution in [0, 0.1) is 0 Å². The van der Waals surface area contributed by atoms with Gasteiger partial charge in [-0.25, -0.2) is 9.78 Å². The molecule has 2 unspecified atom stereocenters. The molecule has 6 nitrogen and oxygen atoms in total. The highest BCUT2D eigenvalue weighted by Gasteiger charge is 2.30. The molecule has 0 saturated carbocycles. The van der Waals surface area contributed by atoms with Crippen molar-refractivity contribution in [3.05, 3.63) is 54.1 Å². The van der Waals surface area contributed by atoms with E-state index in [9.17, 15) is 9.90 Å². The lowest BCUT2D eigenvalue weighted by molar-refractivity contribution is 0.143. The summed E-state index contributed by atoms with van der Waals surface area (Å²) in [6.07, 6.45) is 7.93. The van der Waals surface area contributed by atoms with Crippen LogP contribution < -0.4 is 5.32 Å². The van der Waals surface area contributed by atoms with Crippen molar-refractivity contribution in [2.75, 3.05) is 13.2 Å². The SMILES string of the molecule is O=C(NC(CCCO)c1ccccc1)N1CCCCC1c1ncc[nH]1. The number of rotatable bonds is 6. The first kappa shape index (κ1) is 17.5. The van der Waals surface area contributed by atoms with Gasteiger partial charge in [0.1, 0.15) is 5.82 Å². The molecule has 0 aliphatic carbocycles. The molecule has 2 amide bonds. The number of nitrogens with zero attached hydrogens (tertiary/aromatic N) is 2. The second-order valence-electron chi connectivity index (χ2n) is 6.46. The Kier molecular flexibility index (Phi) is 6.06. The predicted molar refractivity (Wildman–Crippen MR) is 95.9 cm³/mol. The van der Waals surface area contributed by atoms with Crippen LogP contribution in [0.3, 0.4) is 0 Å². The third-order valence-electron chi connectivity index (χ3n) is 4.75. The minimum absolute atomic E-state index is 0.00184. The summed E-state index contributed by atoms with van der Waals surface area (Å²) in [5.74, 6) is 0.849. The number of amides is 2. The summed E-state index contributed by atoms with van der Waals surface area (Å²) in [5.41, 5.74) is 1.07. The van der Waals surface area contributed by atoms with Gasteiger partial charge in [-0.1, -0.05) is 30.3 Å². The van der Waals surface area contributed by atoms with Gasteiger partial charge in [0, 0.05) is 25.5 Å². The average Bonchev–Trinajstić information content (AvgIpc) is 3.20. The predicted octanol–water partition coefficient (Wildman–Crippen LogP) is 3.16. The third kappa shape index (κ3) is 4.39. The fourth-order valence-corrected chi connectivity index (χ4v) is 3.45. The van der Waals surface area contributed by atoms with Crippen molar-refractivity contribution in [3.63, 3.8) is 0 Å². The summed E-state index contributed by atoms with van der Waals surface area (Å²) in [7, 11) is 0. The van der Waals surface area contributed by atoms with E-state index in [4.69, 9.17) is 0 Å². The summed E-state index contributed by atoms with van der Waals surface area (Å²) in [6, 6.07) is 9.78. The summed E-state index contributed by atoms with van der Waals surface area (Å²) in [6.45, 7) is 0.858. The fraction of sp³-hybridized carbons (Fsp3) is 0.474. The van der Waals surface area contributed by atoms with Crippen molar-refractivity contribution in [1.29, 1.82) is 0 Å². The number of aromatic nitrogens is 2. The molecule has 3 N–H and O–H groups in total. The van der Waals surface area contributed by atoms with Gasteiger partial charge in [0.15, 0.2) is 0 Å². The molecular formula is C19H26N4O2. The van der Waals surface area contributed by atoms with E-state index in [2.05, 4.69) is 15.3 Å². The number of H-pyrrole nitrogens is 1. The lowest BCUT2D eigenvalue weighted by atomic mass is 10.0. The summed E-state index contributed by atoms with van der Waals surface area (Å²) in [4.78, 5) is 22.3. The molecule has 0 spiro atoms. The van der Waals surface area contributed by atoms with E-state index in [0.29, 0.717) is 12.8 Å². The van der Waals surface area contributed by atoms with Crippen LogP contribution in [0.15, 0.2) is 42.7 Å². The van der Waals surface area contributed by atoms with Gasteiger partial charge >= 0.3 is 6.03 Å². The minimum Gasteiger partial charge on any atom is -0.396 e. The van der Waals surface area contributed by atoms with E-state index in [1.54, 1.807) is 12.4 Å². The molecule has 2 aromatic rings. The number of benzene rings is 1. The molecule has 25 heavy (non-hydrogen) atoms. The number of aliphatic hydroxyl groups excluding tert-OH is 1. The number of carbonyl (C=O) groups excluding carboxylic acids is 1. The number of hydrogen-bond acceptors (Lipinski definition) is 3. The van der Waals surface area contributed by atoms with E-state index in [-0.39, 0.29) is 24.7 Å². The van der Waals surface area contributed by atoms with Crippen molar-refractivity contribution in [2.45, 2.75) is 44.2 Å². The Hall–Kier alpha value is -2.34. The Labute approximate surface area is 148 Å². The van der Waals surface area contributed by atoms with Crippen LogP contribution >= 0.6 is 0 Å². The first-order valence-electron chi connectivity index (χ1n) is 9.02. The van der Waals surface area contributed by atoms with E-state index in [1.807, 2.05) is 35.2 Å². The highest BCUT2D eigenvalue weighted by atomic mass is 16.3. The second-order valence-corrected chi connectivity index (χ2v) is 6.46. The number of likely N-dealkylation sites (tertiary alicyclic amines) is 1. The van der Waals surface area contributed by atoms with Gasteiger partial charge in [0.05, 0.1) is 12.1 Å². The molecule has 6 heteroatoms. The Balaban J connectivity index is 1.73. The third-order valence-corrected chi connectivity index (χ3v) is 4.75. The van der Waals surface area contributed by atoms with Crippen molar-refractivity contribution in [3.8, 4) is 0 Å². The van der Waals surface area contributed by atoms with Crippen LogP contribution in [0.25, 0.3) is 0 Å². The molecule has 1 aliphatic heterocycles. The normalized spacial score (nSPS) is 18.8. The number of carbonyl (C=O) groups is 1. The van der Waals surface area contributed by atoms with Gasteiger partial charge in [0.2, 0.25) is 0 Å². The lowest BCUT2D eigenvalue weighted by Gasteiger charge is -2.35. The van der Waals surface area contributed by atoms with Crippen LogP contribution in [-0.4, -0.2) is 39.2 Å². The maximum atomic E-state index is 13.0. The minimum atomic E-state index is -0.0972. The molecule has 1 aromatic carbocycles. The smallest absolute Gasteiger partial charge is 0.318 e. The van der Waals surface area contributed by atoms with Crippen LogP contribution in [0.4, 0.5) is 4.79 Å². The van der Waals surface area contributed by atoms with E-state index >= 15 is 0 Å². The molecule has 0 bridgehead atoms. The molecule has 1 saturated heterocycles. The molecule has 0 radical (unpaired) electrons. The number of aromatic amines is 1. The number of aliphatic hydroxyl groups is 1. The number of piperidine rings is 1. The summed E-state index contributed by atoms with van der Waals surface area (Å²) >= 11 is 0. The first-order valence-corrected chi connectivity index (χ1v) is 9.02. The Morgan fingerprint density at radius 3 is 2.92 bits per heavy atom. The van der Waals surface area contributed by atoms with Gasteiger partial charge in [-0.15, -0.1) is 0 Å². The van der Waals surface area contributed by atoms with Crippen molar-refractivity contribution >= 4 is 6.03 Å². The molecule has 3 rings (SSSR count). The lowest BCUT2D eigenvalue weighted by Crippen LogP contribution is -2.46. The molecule has 2 heterocycles. The van der Waals surface area contributed by atoms with E-state index in [0.717, 1.165) is 37.2 Å². The van der Waals surface area contributed by atoms with Crippen molar-refractivity contribution in [1.82, 2.24) is 20.2 Å². The topological polar surface area (TPSA) is 81.2 Å². The van der Waals surface area contributed by atoms with E-state index < -0.39 is 0 Å². The standard InChI is InChI=1S/C19H26N4O2/c24-14-6-9-16(15-7-2-1-3-8-15)22-19(25)23-13-5-4-10-17(23)18-20-11-12-21-18/h1-3,7-8,11-12,16-17,24H,4-6,9-10,13-14H2,(H,20,21)(H,22,25). The first-order chi connectivity index (χ1) is 12.3.